The highest BCUT2D eigenvalue weighted by atomic mass is 32.1. The van der Waals surface area contributed by atoms with Gasteiger partial charge in [-0.25, -0.2) is 0 Å². The summed E-state index contributed by atoms with van der Waals surface area (Å²) in [6.45, 7) is 10.7. The Hall–Kier alpha value is -0.380. The molecule has 0 bridgehead atoms. The Labute approximate surface area is 103 Å². The Morgan fingerprint density at radius 1 is 1.44 bits per heavy atom. The van der Waals surface area contributed by atoms with Gasteiger partial charge in [-0.05, 0) is 36.4 Å². The maximum atomic E-state index is 5.92. The van der Waals surface area contributed by atoms with Crippen LogP contribution in [0.25, 0.3) is 0 Å². The zero-order valence-electron chi connectivity index (χ0n) is 11.1. The second-order valence-corrected chi connectivity index (χ2v) is 6.64. The molecule has 2 nitrogen and oxygen atoms in total. The normalized spacial score (nSPS) is 14.4. The molecular weight excluding hydrogens is 216 g/mol. The van der Waals surface area contributed by atoms with E-state index in [4.69, 9.17) is 5.73 Å². The van der Waals surface area contributed by atoms with E-state index in [1.807, 2.05) is 11.3 Å². The second-order valence-electron chi connectivity index (χ2n) is 5.70. The first kappa shape index (κ1) is 13.7. The fraction of sp³-hybridized carbons (Fsp3) is 0.692. The van der Waals surface area contributed by atoms with Crippen molar-refractivity contribution in [3.8, 4) is 0 Å². The smallest absolute Gasteiger partial charge is 0.0564 e. The lowest BCUT2D eigenvalue weighted by atomic mass is 9.95. The molecule has 1 heterocycles. The van der Waals surface area contributed by atoms with Crippen LogP contribution in [0.4, 0.5) is 0 Å². The van der Waals surface area contributed by atoms with Crippen molar-refractivity contribution in [2.45, 2.75) is 33.7 Å². The number of likely N-dealkylation sites (N-methyl/N-ethyl adjacent to an activating group) is 1. The number of nitrogens with two attached hydrogens (primary N) is 1. The molecule has 0 aliphatic heterocycles. The number of rotatable bonds is 4. The van der Waals surface area contributed by atoms with Crippen LogP contribution in [-0.2, 0) is 0 Å². The third kappa shape index (κ3) is 3.58. The lowest BCUT2D eigenvalue weighted by molar-refractivity contribution is 0.177. The van der Waals surface area contributed by atoms with E-state index < -0.39 is 0 Å². The molecule has 2 N–H and O–H groups in total. The first-order valence-electron chi connectivity index (χ1n) is 5.79. The maximum absolute atomic E-state index is 5.92. The van der Waals surface area contributed by atoms with Gasteiger partial charge in [0.15, 0.2) is 0 Å². The van der Waals surface area contributed by atoms with Gasteiger partial charge in [-0.2, -0.15) is 0 Å². The molecule has 16 heavy (non-hydrogen) atoms. The molecule has 0 aliphatic carbocycles. The van der Waals surface area contributed by atoms with Gasteiger partial charge in [0.2, 0.25) is 0 Å². The van der Waals surface area contributed by atoms with Crippen molar-refractivity contribution in [3.05, 3.63) is 21.9 Å². The molecule has 0 aliphatic rings. The van der Waals surface area contributed by atoms with Crippen molar-refractivity contribution in [2.24, 2.45) is 11.1 Å². The average molecular weight is 240 g/mol. The predicted octanol–water partition coefficient (Wildman–Crippen LogP) is 3.03. The molecule has 1 unspecified atom stereocenters. The van der Waals surface area contributed by atoms with Crippen LogP contribution < -0.4 is 5.73 Å². The Balaban J connectivity index is 2.79. The summed E-state index contributed by atoms with van der Waals surface area (Å²) in [4.78, 5) is 3.79. The number of thiophene rings is 1. The Morgan fingerprint density at radius 2 is 2.06 bits per heavy atom. The van der Waals surface area contributed by atoms with Crippen molar-refractivity contribution in [3.63, 3.8) is 0 Å². The van der Waals surface area contributed by atoms with E-state index >= 15 is 0 Å². The highest BCUT2D eigenvalue weighted by Gasteiger charge is 2.22. The van der Waals surface area contributed by atoms with Crippen molar-refractivity contribution in [1.29, 1.82) is 0 Å². The zero-order valence-corrected chi connectivity index (χ0v) is 11.9. The van der Waals surface area contributed by atoms with Crippen LogP contribution in [0.2, 0.25) is 0 Å². The summed E-state index contributed by atoms with van der Waals surface area (Å²) in [7, 11) is 2.17. The first-order valence-corrected chi connectivity index (χ1v) is 6.67. The van der Waals surface area contributed by atoms with E-state index in [0.29, 0.717) is 18.0 Å². The number of hydrogen-bond donors (Lipinski definition) is 1. The van der Waals surface area contributed by atoms with Gasteiger partial charge >= 0.3 is 0 Å². The van der Waals surface area contributed by atoms with E-state index in [0.717, 1.165) is 6.54 Å². The van der Waals surface area contributed by atoms with E-state index in [9.17, 15) is 0 Å². The van der Waals surface area contributed by atoms with E-state index in [2.05, 4.69) is 51.1 Å². The van der Waals surface area contributed by atoms with Gasteiger partial charge in [0, 0.05) is 18.0 Å². The zero-order chi connectivity index (χ0) is 12.3. The van der Waals surface area contributed by atoms with Crippen molar-refractivity contribution < 1.29 is 0 Å². The van der Waals surface area contributed by atoms with Crippen LogP contribution >= 0.6 is 11.3 Å². The topological polar surface area (TPSA) is 29.3 Å². The monoisotopic (exact) mass is 240 g/mol. The van der Waals surface area contributed by atoms with Crippen molar-refractivity contribution >= 4 is 11.3 Å². The summed E-state index contributed by atoms with van der Waals surface area (Å²) in [6, 6.07) is 2.53. The molecule has 1 atom stereocenters. The summed E-state index contributed by atoms with van der Waals surface area (Å²) >= 11 is 1.81. The lowest BCUT2D eigenvalue weighted by Gasteiger charge is -2.32. The number of hydrogen-bond acceptors (Lipinski definition) is 3. The van der Waals surface area contributed by atoms with Crippen LogP contribution in [0.3, 0.4) is 0 Å². The van der Waals surface area contributed by atoms with Gasteiger partial charge in [-0.3, -0.25) is 4.90 Å². The molecule has 92 valence electrons. The molecule has 0 fully saturated rings. The standard InChI is InChI=1S/C13H24N2S/c1-10-6-7-16-12(10)11(8-14)15(5)9-13(2,3)4/h6-7,11H,8-9,14H2,1-5H3. The van der Waals surface area contributed by atoms with Gasteiger partial charge < -0.3 is 5.73 Å². The molecule has 0 radical (unpaired) electrons. The third-order valence-electron chi connectivity index (χ3n) is 2.68. The summed E-state index contributed by atoms with van der Waals surface area (Å²) in [6.07, 6.45) is 0. The predicted molar refractivity (Wildman–Crippen MR) is 72.9 cm³/mol. The number of nitrogens with zero attached hydrogens (tertiary/aromatic N) is 1. The Kier molecular flexibility index (Phi) is 4.53. The van der Waals surface area contributed by atoms with Gasteiger partial charge in [-0.15, -0.1) is 11.3 Å². The van der Waals surface area contributed by atoms with Crippen molar-refractivity contribution in [1.82, 2.24) is 4.90 Å². The van der Waals surface area contributed by atoms with Crippen LogP contribution in [0.15, 0.2) is 11.4 Å². The summed E-state index contributed by atoms with van der Waals surface area (Å²) in [5, 5.41) is 2.15. The van der Waals surface area contributed by atoms with Gasteiger partial charge in [0.1, 0.15) is 0 Å². The molecule has 3 heteroatoms. The largest absolute Gasteiger partial charge is 0.329 e. The highest BCUT2D eigenvalue weighted by molar-refractivity contribution is 7.10. The maximum Gasteiger partial charge on any atom is 0.0564 e. The minimum absolute atomic E-state index is 0.313. The van der Waals surface area contributed by atoms with Crippen LogP contribution in [0, 0.1) is 12.3 Å². The van der Waals surface area contributed by atoms with Gasteiger partial charge in [0.25, 0.3) is 0 Å². The van der Waals surface area contributed by atoms with E-state index in [1.165, 1.54) is 10.4 Å². The molecule has 0 aromatic carbocycles. The lowest BCUT2D eigenvalue weighted by Crippen LogP contribution is -2.36. The molecule has 0 saturated carbocycles. The number of aryl methyl sites for hydroxylation is 1. The highest BCUT2D eigenvalue weighted by Crippen LogP contribution is 2.29. The molecule has 1 aromatic heterocycles. The van der Waals surface area contributed by atoms with E-state index in [1.54, 1.807) is 0 Å². The molecule has 1 aromatic rings. The minimum Gasteiger partial charge on any atom is -0.329 e. The fourth-order valence-corrected chi connectivity index (χ4v) is 3.18. The Bertz CT molecular complexity index is 325. The van der Waals surface area contributed by atoms with E-state index in [-0.39, 0.29) is 0 Å². The summed E-state index contributed by atoms with van der Waals surface area (Å²) < 4.78 is 0. The summed E-state index contributed by atoms with van der Waals surface area (Å²) in [5.41, 5.74) is 7.59. The van der Waals surface area contributed by atoms with Crippen molar-refractivity contribution in [2.75, 3.05) is 20.1 Å². The average Bonchev–Trinajstić information content (AvgIpc) is 2.50. The SMILES string of the molecule is Cc1ccsc1C(CN)N(C)CC(C)(C)C. The van der Waals surface area contributed by atoms with Crippen LogP contribution in [-0.4, -0.2) is 25.0 Å². The quantitative estimate of drug-likeness (QED) is 0.876. The summed E-state index contributed by atoms with van der Waals surface area (Å²) in [5.74, 6) is 0. The molecular formula is C13H24N2S. The minimum atomic E-state index is 0.313. The third-order valence-corrected chi connectivity index (χ3v) is 3.80. The first-order chi connectivity index (χ1) is 7.35. The second kappa shape index (κ2) is 5.30. The molecule has 0 saturated heterocycles. The van der Waals surface area contributed by atoms with Crippen LogP contribution in [0.5, 0.6) is 0 Å². The Morgan fingerprint density at radius 3 is 2.44 bits per heavy atom. The fourth-order valence-electron chi connectivity index (χ4n) is 2.07. The van der Waals surface area contributed by atoms with Gasteiger partial charge in [-0.1, -0.05) is 20.8 Å². The van der Waals surface area contributed by atoms with Crippen LogP contribution in [0.1, 0.15) is 37.3 Å². The molecule has 0 spiro atoms. The molecule has 1 rings (SSSR count). The molecule has 0 amide bonds. The van der Waals surface area contributed by atoms with Gasteiger partial charge in [0.05, 0.1) is 6.04 Å².